The number of urea groups is 1. The Bertz CT molecular complexity index is 789. The number of carbonyl (C=O) groups excluding carboxylic acids is 2. The maximum atomic E-state index is 12.2. The number of rotatable bonds is 4. The largest absolute Gasteiger partial charge is 0.333 e. The van der Waals surface area contributed by atoms with Crippen LogP contribution in [0.25, 0.3) is 0 Å². The Labute approximate surface area is 150 Å². The lowest BCUT2D eigenvalue weighted by Gasteiger charge is -2.18. The van der Waals surface area contributed by atoms with Crippen LogP contribution in [-0.4, -0.2) is 34.3 Å². The van der Waals surface area contributed by atoms with Crippen LogP contribution in [0.15, 0.2) is 36.7 Å². The number of hydrogen-bond donors (Lipinski definition) is 2. The number of halogens is 1. The van der Waals surface area contributed by atoms with E-state index in [1.165, 1.54) is 0 Å². The number of carbonyl (C=O) groups is 2. The van der Waals surface area contributed by atoms with Crippen molar-refractivity contribution in [3.63, 3.8) is 0 Å². The van der Waals surface area contributed by atoms with E-state index in [1.54, 1.807) is 34.1 Å². The highest BCUT2D eigenvalue weighted by Gasteiger charge is 2.32. The van der Waals surface area contributed by atoms with Crippen molar-refractivity contribution in [1.82, 2.24) is 15.1 Å². The molecule has 0 radical (unpaired) electrons. The van der Waals surface area contributed by atoms with Crippen molar-refractivity contribution >= 4 is 34.9 Å². The van der Waals surface area contributed by atoms with Crippen LogP contribution in [0.3, 0.4) is 0 Å². The zero-order valence-corrected chi connectivity index (χ0v) is 14.8. The Morgan fingerprint density at radius 3 is 2.80 bits per heavy atom. The Morgan fingerprint density at radius 1 is 1.36 bits per heavy atom. The minimum absolute atomic E-state index is 0.0639. The van der Waals surface area contributed by atoms with Gasteiger partial charge in [-0.05, 0) is 26.0 Å². The van der Waals surface area contributed by atoms with Crippen LogP contribution in [0, 0.1) is 0 Å². The van der Waals surface area contributed by atoms with Gasteiger partial charge in [0.1, 0.15) is 0 Å². The van der Waals surface area contributed by atoms with Crippen molar-refractivity contribution in [2.45, 2.75) is 32.4 Å². The van der Waals surface area contributed by atoms with E-state index in [1.807, 2.05) is 26.0 Å². The molecular formula is C17H20ClN5O2. The predicted molar refractivity (Wildman–Crippen MR) is 97.0 cm³/mol. The highest BCUT2D eigenvalue weighted by Crippen LogP contribution is 2.29. The van der Waals surface area contributed by atoms with Gasteiger partial charge in [-0.15, -0.1) is 0 Å². The van der Waals surface area contributed by atoms with E-state index in [2.05, 4.69) is 15.7 Å². The Hall–Kier alpha value is -2.54. The molecule has 25 heavy (non-hydrogen) atoms. The fraction of sp³-hybridized carbons (Fsp3) is 0.353. The van der Waals surface area contributed by atoms with Gasteiger partial charge in [-0.1, -0.05) is 23.7 Å². The third-order valence-corrected chi connectivity index (χ3v) is 4.31. The molecule has 0 bridgehead atoms. The third kappa shape index (κ3) is 3.93. The summed E-state index contributed by atoms with van der Waals surface area (Å²) in [4.78, 5) is 26.0. The molecule has 1 saturated heterocycles. The maximum absolute atomic E-state index is 12.2. The highest BCUT2D eigenvalue weighted by molar-refractivity contribution is 6.33. The van der Waals surface area contributed by atoms with E-state index in [9.17, 15) is 9.59 Å². The molecule has 1 atom stereocenters. The van der Waals surface area contributed by atoms with Gasteiger partial charge in [0, 0.05) is 25.2 Å². The Balaban J connectivity index is 1.59. The quantitative estimate of drug-likeness (QED) is 0.878. The molecule has 1 aromatic heterocycles. The molecule has 7 nitrogen and oxygen atoms in total. The topological polar surface area (TPSA) is 79.3 Å². The molecule has 1 fully saturated rings. The van der Waals surface area contributed by atoms with Gasteiger partial charge < -0.3 is 15.5 Å². The number of nitrogens with zero attached hydrogens (tertiary/aromatic N) is 3. The lowest BCUT2D eigenvalue weighted by Crippen LogP contribution is -2.39. The molecule has 132 valence electrons. The lowest BCUT2D eigenvalue weighted by molar-refractivity contribution is -0.117. The third-order valence-electron chi connectivity index (χ3n) is 3.99. The normalized spacial score (nSPS) is 17.2. The van der Waals surface area contributed by atoms with E-state index < -0.39 is 0 Å². The van der Waals surface area contributed by atoms with Gasteiger partial charge >= 0.3 is 6.03 Å². The first-order valence-corrected chi connectivity index (χ1v) is 8.48. The molecule has 1 aromatic carbocycles. The summed E-state index contributed by atoms with van der Waals surface area (Å²) in [5.41, 5.74) is 1.27. The molecule has 0 aliphatic carbocycles. The van der Waals surface area contributed by atoms with Gasteiger partial charge in [0.2, 0.25) is 5.91 Å². The fourth-order valence-electron chi connectivity index (χ4n) is 2.75. The van der Waals surface area contributed by atoms with Crippen molar-refractivity contribution in [1.29, 1.82) is 0 Å². The SMILES string of the molecule is CC(C)n1cc(NC(=O)N[C@H]2CC(=O)N(c3ccccc3Cl)C2)cn1. The van der Waals surface area contributed by atoms with Gasteiger partial charge in [0.05, 0.1) is 28.6 Å². The zero-order valence-electron chi connectivity index (χ0n) is 14.1. The molecule has 0 spiro atoms. The van der Waals surface area contributed by atoms with Crippen LogP contribution in [0.4, 0.5) is 16.2 Å². The summed E-state index contributed by atoms with van der Waals surface area (Å²) in [6, 6.07) is 6.76. The van der Waals surface area contributed by atoms with Crippen molar-refractivity contribution in [3.8, 4) is 0 Å². The standard InChI is InChI=1S/C17H20ClN5O2/c1-11(2)23-10-13(8-19-23)21-17(25)20-12-7-16(24)22(9-12)15-6-4-3-5-14(15)18/h3-6,8,10-12H,7,9H2,1-2H3,(H2,20,21,25)/t12-/m0/s1. The van der Waals surface area contributed by atoms with Crippen LogP contribution in [0.1, 0.15) is 26.3 Å². The fourth-order valence-corrected chi connectivity index (χ4v) is 2.98. The number of hydrogen-bond acceptors (Lipinski definition) is 3. The summed E-state index contributed by atoms with van der Waals surface area (Å²) < 4.78 is 1.76. The van der Waals surface area contributed by atoms with Gasteiger partial charge in [-0.2, -0.15) is 5.10 Å². The average Bonchev–Trinajstić information content (AvgIpc) is 3.15. The van der Waals surface area contributed by atoms with Crippen LogP contribution < -0.4 is 15.5 Å². The average molecular weight is 362 g/mol. The Morgan fingerprint density at radius 2 is 2.12 bits per heavy atom. The lowest BCUT2D eigenvalue weighted by atomic mass is 10.2. The minimum atomic E-state index is -0.359. The van der Waals surface area contributed by atoms with Crippen molar-refractivity contribution < 1.29 is 9.59 Å². The number of para-hydroxylation sites is 1. The van der Waals surface area contributed by atoms with E-state index >= 15 is 0 Å². The van der Waals surface area contributed by atoms with Crippen LogP contribution >= 0.6 is 11.6 Å². The monoisotopic (exact) mass is 361 g/mol. The summed E-state index contributed by atoms with van der Waals surface area (Å²) >= 11 is 6.16. The molecular weight excluding hydrogens is 342 g/mol. The molecule has 2 heterocycles. The van der Waals surface area contributed by atoms with E-state index in [4.69, 9.17) is 11.6 Å². The molecule has 0 saturated carbocycles. The second-order valence-corrected chi connectivity index (χ2v) is 6.67. The molecule has 3 rings (SSSR count). The maximum Gasteiger partial charge on any atom is 0.319 e. The molecule has 0 unspecified atom stereocenters. The summed E-state index contributed by atoms with van der Waals surface area (Å²) in [5, 5.41) is 10.2. The van der Waals surface area contributed by atoms with E-state index in [0.29, 0.717) is 22.9 Å². The molecule has 2 N–H and O–H groups in total. The van der Waals surface area contributed by atoms with Gasteiger partial charge in [-0.25, -0.2) is 4.79 Å². The predicted octanol–water partition coefficient (Wildman–Crippen LogP) is 3.04. The Kier molecular flexibility index (Phi) is 4.94. The number of aromatic nitrogens is 2. The van der Waals surface area contributed by atoms with Gasteiger partial charge in [0.15, 0.2) is 0 Å². The number of benzene rings is 1. The van der Waals surface area contributed by atoms with Gasteiger partial charge in [-0.3, -0.25) is 9.48 Å². The first-order chi connectivity index (χ1) is 11.9. The number of amides is 3. The van der Waals surface area contributed by atoms with Crippen molar-refractivity contribution in [2.75, 3.05) is 16.8 Å². The number of anilines is 2. The minimum Gasteiger partial charge on any atom is -0.333 e. The zero-order chi connectivity index (χ0) is 18.0. The molecule has 2 aromatic rings. The van der Waals surface area contributed by atoms with Crippen LogP contribution in [0.5, 0.6) is 0 Å². The second kappa shape index (κ2) is 7.14. The molecule has 1 aliphatic rings. The number of nitrogens with one attached hydrogen (secondary N) is 2. The van der Waals surface area contributed by atoms with Gasteiger partial charge in [0.25, 0.3) is 0 Å². The summed E-state index contributed by atoms with van der Waals surface area (Å²) in [6.07, 6.45) is 3.60. The highest BCUT2D eigenvalue weighted by atomic mass is 35.5. The first kappa shape index (κ1) is 17.3. The van der Waals surface area contributed by atoms with Crippen LogP contribution in [-0.2, 0) is 4.79 Å². The van der Waals surface area contributed by atoms with E-state index in [0.717, 1.165) is 0 Å². The van der Waals surface area contributed by atoms with Crippen LogP contribution in [0.2, 0.25) is 5.02 Å². The molecule has 1 aliphatic heterocycles. The molecule has 3 amide bonds. The second-order valence-electron chi connectivity index (χ2n) is 6.26. The smallest absolute Gasteiger partial charge is 0.319 e. The van der Waals surface area contributed by atoms with Crippen molar-refractivity contribution in [2.24, 2.45) is 0 Å². The summed E-state index contributed by atoms with van der Waals surface area (Å²) in [6.45, 7) is 4.40. The molecule has 8 heteroatoms. The first-order valence-electron chi connectivity index (χ1n) is 8.10. The van der Waals surface area contributed by atoms with E-state index in [-0.39, 0.29) is 30.4 Å². The summed E-state index contributed by atoms with van der Waals surface area (Å²) in [7, 11) is 0. The summed E-state index contributed by atoms with van der Waals surface area (Å²) in [5.74, 6) is -0.0639. The van der Waals surface area contributed by atoms with Crippen molar-refractivity contribution in [3.05, 3.63) is 41.7 Å².